The maximum atomic E-state index is 11.9. The Hall–Kier alpha value is -1.44. The van der Waals surface area contributed by atoms with E-state index in [1.54, 1.807) is 32.2 Å². The minimum absolute atomic E-state index is 0.155. The van der Waals surface area contributed by atoms with Crippen LogP contribution in [0.1, 0.15) is 13.3 Å². The van der Waals surface area contributed by atoms with E-state index in [0.717, 1.165) is 0 Å². The Labute approximate surface area is 116 Å². The molecule has 0 fully saturated rings. The fraction of sp³-hybridized carbons (Fsp3) is 0.333. The number of carbonyl (C=O) groups is 1. The molecule has 1 rings (SSSR count). The van der Waals surface area contributed by atoms with E-state index in [1.165, 1.54) is 4.90 Å². The summed E-state index contributed by atoms with van der Waals surface area (Å²) < 4.78 is 0. The van der Waals surface area contributed by atoms with Crippen LogP contribution in [-0.2, 0) is 0 Å². The molecule has 1 unspecified atom stereocenters. The predicted octanol–water partition coefficient (Wildman–Crippen LogP) is 3.76. The first-order valence-electron chi connectivity index (χ1n) is 5.31. The highest BCUT2D eigenvalue weighted by molar-refractivity contribution is 6.42. The largest absolute Gasteiger partial charge is 0.324 e. The zero-order valence-corrected chi connectivity index (χ0v) is 11.6. The average Bonchev–Trinajstić information content (AvgIpc) is 2.33. The first-order chi connectivity index (χ1) is 8.45. The van der Waals surface area contributed by atoms with Crippen LogP contribution in [0.5, 0.6) is 0 Å². The molecule has 0 saturated heterocycles. The van der Waals surface area contributed by atoms with Crippen molar-refractivity contribution in [3.8, 4) is 6.07 Å². The number of nitrogens with zero attached hydrogens (tertiary/aromatic N) is 2. The number of amides is 2. The molecule has 1 atom stereocenters. The Morgan fingerprint density at radius 1 is 1.50 bits per heavy atom. The summed E-state index contributed by atoms with van der Waals surface area (Å²) >= 11 is 11.6. The number of urea groups is 1. The Morgan fingerprint density at radius 2 is 2.17 bits per heavy atom. The van der Waals surface area contributed by atoms with Crippen molar-refractivity contribution in [2.24, 2.45) is 0 Å². The summed E-state index contributed by atoms with van der Waals surface area (Å²) in [5.74, 6) is 0. The van der Waals surface area contributed by atoms with Gasteiger partial charge in [0, 0.05) is 18.8 Å². The van der Waals surface area contributed by atoms with Crippen molar-refractivity contribution >= 4 is 34.9 Å². The second-order valence-corrected chi connectivity index (χ2v) is 4.70. The minimum atomic E-state index is -0.295. The first kappa shape index (κ1) is 14.6. The quantitative estimate of drug-likeness (QED) is 0.919. The van der Waals surface area contributed by atoms with Crippen molar-refractivity contribution in [3.63, 3.8) is 0 Å². The van der Waals surface area contributed by atoms with Crippen LogP contribution in [0.4, 0.5) is 10.5 Å². The van der Waals surface area contributed by atoms with Crippen molar-refractivity contribution in [3.05, 3.63) is 28.2 Å². The van der Waals surface area contributed by atoms with E-state index in [9.17, 15) is 4.79 Å². The maximum absolute atomic E-state index is 11.9. The van der Waals surface area contributed by atoms with Crippen LogP contribution in [0, 0.1) is 11.3 Å². The fourth-order valence-electron chi connectivity index (χ4n) is 1.25. The highest BCUT2D eigenvalue weighted by Gasteiger charge is 2.15. The van der Waals surface area contributed by atoms with Gasteiger partial charge in [0.1, 0.15) is 0 Å². The third kappa shape index (κ3) is 3.80. The molecule has 1 aromatic rings. The molecule has 4 nitrogen and oxygen atoms in total. The fourth-order valence-corrected chi connectivity index (χ4v) is 1.55. The van der Waals surface area contributed by atoms with Crippen LogP contribution in [0.3, 0.4) is 0 Å². The van der Waals surface area contributed by atoms with E-state index in [-0.39, 0.29) is 18.5 Å². The number of carbonyl (C=O) groups excluding carboxylic acids is 1. The third-order valence-corrected chi connectivity index (χ3v) is 3.28. The summed E-state index contributed by atoms with van der Waals surface area (Å²) in [7, 11) is 1.63. The van der Waals surface area contributed by atoms with E-state index in [4.69, 9.17) is 28.5 Å². The van der Waals surface area contributed by atoms with E-state index in [1.807, 2.05) is 6.07 Å². The molecule has 6 heteroatoms. The number of anilines is 1. The smallest absolute Gasteiger partial charge is 0.321 e. The lowest BCUT2D eigenvalue weighted by Crippen LogP contribution is -2.38. The summed E-state index contributed by atoms with van der Waals surface area (Å²) in [5.41, 5.74) is 0.561. The molecule has 18 heavy (non-hydrogen) atoms. The van der Waals surface area contributed by atoms with Crippen molar-refractivity contribution < 1.29 is 4.79 Å². The molecular weight excluding hydrogens is 273 g/mol. The zero-order valence-electron chi connectivity index (χ0n) is 10.1. The highest BCUT2D eigenvalue weighted by atomic mass is 35.5. The van der Waals surface area contributed by atoms with Crippen LogP contribution in [0.25, 0.3) is 0 Å². The van der Waals surface area contributed by atoms with E-state index in [2.05, 4.69) is 5.32 Å². The lowest BCUT2D eigenvalue weighted by molar-refractivity contribution is 0.208. The molecule has 1 aromatic carbocycles. The van der Waals surface area contributed by atoms with Crippen LogP contribution in [0.2, 0.25) is 10.0 Å². The maximum Gasteiger partial charge on any atom is 0.321 e. The van der Waals surface area contributed by atoms with E-state index < -0.39 is 0 Å². The monoisotopic (exact) mass is 285 g/mol. The molecule has 0 aliphatic rings. The lowest BCUT2D eigenvalue weighted by atomic mass is 10.2. The van der Waals surface area contributed by atoms with E-state index in [0.29, 0.717) is 15.7 Å². The number of hydrogen-bond donors (Lipinski definition) is 1. The van der Waals surface area contributed by atoms with Gasteiger partial charge in [0.2, 0.25) is 0 Å². The van der Waals surface area contributed by atoms with Gasteiger partial charge in [0.15, 0.2) is 0 Å². The topological polar surface area (TPSA) is 56.1 Å². The van der Waals surface area contributed by atoms with E-state index >= 15 is 0 Å². The lowest BCUT2D eigenvalue weighted by Gasteiger charge is -2.23. The molecule has 0 heterocycles. The Kier molecular flexibility index (Phi) is 5.26. The summed E-state index contributed by atoms with van der Waals surface area (Å²) in [5, 5.41) is 12.1. The Bertz CT molecular complexity index is 485. The van der Waals surface area contributed by atoms with Crippen molar-refractivity contribution in [1.29, 1.82) is 5.26 Å². The van der Waals surface area contributed by atoms with Crippen molar-refractivity contribution in [2.75, 3.05) is 12.4 Å². The second kappa shape index (κ2) is 6.48. The normalized spacial score (nSPS) is 11.5. The number of rotatable bonds is 3. The number of halogens is 2. The van der Waals surface area contributed by atoms with Crippen LogP contribution in [0.15, 0.2) is 18.2 Å². The third-order valence-electron chi connectivity index (χ3n) is 2.54. The predicted molar refractivity (Wildman–Crippen MR) is 72.9 cm³/mol. The molecule has 0 aliphatic heterocycles. The average molecular weight is 286 g/mol. The molecule has 0 bridgehead atoms. The Morgan fingerprint density at radius 3 is 2.72 bits per heavy atom. The van der Waals surface area contributed by atoms with Gasteiger partial charge >= 0.3 is 6.03 Å². The zero-order chi connectivity index (χ0) is 13.7. The molecule has 1 N–H and O–H groups in total. The summed E-state index contributed by atoms with van der Waals surface area (Å²) in [6, 6.07) is 6.42. The van der Waals surface area contributed by atoms with Crippen LogP contribution < -0.4 is 5.32 Å². The minimum Gasteiger partial charge on any atom is -0.324 e. The van der Waals surface area contributed by atoms with Gasteiger partial charge in [0.25, 0.3) is 0 Å². The van der Waals surface area contributed by atoms with Gasteiger partial charge in [-0.05, 0) is 25.1 Å². The van der Waals surface area contributed by atoms with Crippen molar-refractivity contribution in [2.45, 2.75) is 19.4 Å². The van der Waals surface area contributed by atoms with Gasteiger partial charge in [-0.25, -0.2) is 4.79 Å². The van der Waals surface area contributed by atoms with Gasteiger partial charge < -0.3 is 10.2 Å². The highest BCUT2D eigenvalue weighted by Crippen LogP contribution is 2.25. The number of nitriles is 1. The summed E-state index contributed by atoms with van der Waals surface area (Å²) in [4.78, 5) is 13.3. The van der Waals surface area contributed by atoms with Gasteiger partial charge in [0.05, 0.1) is 22.5 Å². The molecule has 0 spiro atoms. The van der Waals surface area contributed by atoms with Crippen LogP contribution in [-0.4, -0.2) is 24.0 Å². The molecule has 2 amide bonds. The molecular formula is C12H13Cl2N3O. The van der Waals surface area contributed by atoms with Gasteiger partial charge in [-0.15, -0.1) is 0 Å². The molecule has 0 saturated carbocycles. The van der Waals surface area contributed by atoms with Gasteiger partial charge in [-0.3, -0.25) is 0 Å². The molecule has 0 aliphatic carbocycles. The summed E-state index contributed by atoms with van der Waals surface area (Å²) in [6.07, 6.45) is 0.283. The standard InChI is InChI=1S/C12H13Cl2N3O/c1-8(5-6-15)17(2)12(18)16-9-3-4-10(13)11(14)7-9/h3-4,7-8H,5H2,1-2H3,(H,16,18). The van der Waals surface area contributed by atoms with Gasteiger partial charge in [-0.1, -0.05) is 23.2 Å². The number of nitrogens with one attached hydrogen (secondary N) is 1. The molecule has 96 valence electrons. The van der Waals surface area contributed by atoms with Crippen molar-refractivity contribution in [1.82, 2.24) is 4.90 Å². The second-order valence-electron chi connectivity index (χ2n) is 3.88. The summed E-state index contributed by atoms with van der Waals surface area (Å²) in [6.45, 7) is 1.80. The Balaban J connectivity index is 2.70. The first-order valence-corrected chi connectivity index (χ1v) is 6.07. The SMILES string of the molecule is CC(CC#N)N(C)C(=O)Nc1ccc(Cl)c(Cl)c1. The molecule has 0 radical (unpaired) electrons. The van der Waals surface area contributed by atoms with Crippen LogP contribution >= 0.6 is 23.2 Å². The van der Waals surface area contributed by atoms with Gasteiger partial charge in [-0.2, -0.15) is 5.26 Å². The molecule has 0 aromatic heterocycles. The number of benzene rings is 1. The number of hydrogen-bond acceptors (Lipinski definition) is 2.